The molecule has 1 aliphatic carbocycles. The van der Waals surface area contributed by atoms with Crippen LogP contribution in [0.3, 0.4) is 0 Å². The lowest BCUT2D eigenvalue weighted by molar-refractivity contribution is 0.0680. The number of amides is 1. The normalized spacial score (nSPS) is 14.6. The Morgan fingerprint density at radius 3 is 2.31 bits per heavy atom. The molecule has 1 saturated carbocycles. The van der Waals surface area contributed by atoms with Gasteiger partial charge in [0.15, 0.2) is 0 Å². The Kier molecular flexibility index (Phi) is 2.64. The third-order valence-electron chi connectivity index (χ3n) is 2.80. The highest BCUT2D eigenvalue weighted by molar-refractivity contribution is 6.04. The van der Waals surface area contributed by atoms with E-state index in [1.54, 1.807) is 30.1 Å². The van der Waals surface area contributed by atoms with Crippen molar-refractivity contribution in [2.24, 2.45) is 0 Å². The third-order valence-corrected chi connectivity index (χ3v) is 2.80. The average Bonchev–Trinajstić information content (AvgIpc) is 3.11. The molecular weight excluding hydrogens is 206 g/mol. The smallest absolute Gasteiger partial charge is 0.336 e. The van der Waals surface area contributed by atoms with Crippen molar-refractivity contribution in [2.75, 3.05) is 7.05 Å². The van der Waals surface area contributed by atoms with Crippen molar-refractivity contribution in [1.82, 2.24) is 4.90 Å². The van der Waals surface area contributed by atoms with E-state index in [1.807, 2.05) is 0 Å². The van der Waals surface area contributed by atoms with Crippen LogP contribution in [0.5, 0.6) is 0 Å². The van der Waals surface area contributed by atoms with Gasteiger partial charge in [-0.25, -0.2) is 4.79 Å². The van der Waals surface area contributed by atoms with Crippen molar-refractivity contribution in [2.45, 2.75) is 18.9 Å². The van der Waals surface area contributed by atoms with E-state index in [1.165, 1.54) is 6.07 Å². The van der Waals surface area contributed by atoms with E-state index < -0.39 is 5.97 Å². The van der Waals surface area contributed by atoms with Crippen LogP contribution < -0.4 is 0 Å². The lowest BCUT2D eigenvalue weighted by atomic mass is 10.1. The molecule has 4 heteroatoms. The summed E-state index contributed by atoms with van der Waals surface area (Å²) in [7, 11) is 1.72. The molecule has 0 radical (unpaired) electrons. The third kappa shape index (κ3) is 1.91. The van der Waals surface area contributed by atoms with Crippen LogP contribution in [0.4, 0.5) is 0 Å². The zero-order valence-electron chi connectivity index (χ0n) is 9.01. The first-order valence-electron chi connectivity index (χ1n) is 5.20. The molecule has 1 fully saturated rings. The van der Waals surface area contributed by atoms with Gasteiger partial charge in [0.1, 0.15) is 0 Å². The first kappa shape index (κ1) is 10.7. The topological polar surface area (TPSA) is 57.6 Å². The zero-order chi connectivity index (χ0) is 11.7. The van der Waals surface area contributed by atoms with Crippen LogP contribution in [0.15, 0.2) is 24.3 Å². The van der Waals surface area contributed by atoms with Crippen LogP contribution in [0.2, 0.25) is 0 Å². The van der Waals surface area contributed by atoms with Gasteiger partial charge in [-0.15, -0.1) is 0 Å². The molecule has 0 aliphatic heterocycles. The van der Waals surface area contributed by atoms with Crippen LogP contribution >= 0.6 is 0 Å². The van der Waals surface area contributed by atoms with Gasteiger partial charge in [-0.05, 0) is 25.0 Å². The summed E-state index contributed by atoms with van der Waals surface area (Å²) in [5, 5.41) is 8.98. The number of carboxylic acid groups (broad SMARTS) is 1. The Morgan fingerprint density at radius 1 is 1.25 bits per heavy atom. The first-order chi connectivity index (χ1) is 7.61. The van der Waals surface area contributed by atoms with Crippen LogP contribution in [-0.2, 0) is 0 Å². The number of carboxylic acids is 1. The molecule has 4 nitrogen and oxygen atoms in total. The monoisotopic (exact) mass is 219 g/mol. The first-order valence-corrected chi connectivity index (χ1v) is 5.20. The summed E-state index contributed by atoms with van der Waals surface area (Å²) in [6.45, 7) is 0. The maximum Gasteiger partial charge on any atom is 0.336 e. The van der Waals surface area contributed by atoms with Crippen LogP contribution in [0.25, 0.3) is 0 Å². The van der Waals surface area contributed by atoms with E-state index in [2.05, 4.69) is 0 Å². The molecule has 0 atom stereocenters. The van der Waals surface area contributed by atoms with Gasteiger partial charge in [0, 0.05) is 13.1 Å². The molecule has 0 heterocycles. The highest BCUT2D eigenvalue weighted by atomic mass is 16.4. The maximum atomic E-state index is 12.0. The summed E-state index contributed by atoms with van der Waals surface area (Å²) < 4.78 is 0. The van der Waals surface area contributed by atoms with Crippen molar-refractivity contribution in [3.63, 3.8) is 0 Å². The minimum Gasteiger partial charge on any atom is -0.478 e. The molecule has 1 aliphatic rings. The molecule has 1 aromatic rings. The number of rotatable bonds is 3. The van der Waals surface area contributed by atoms with E-state index in [4.69, 9.17) is 5.11 Å². The summed E-state index contributed by atoms with van der Waals surface area (Å²) in [5.74, 6) is -1.27. The van der Waals surface area contributed by atoms with Gasteiger partial charge < -0.3 is 10.0 Å². The minimum atomic E-state index is -1.06. The van der Waals surface area contributed by atoms with Crippen LogP contribution in [-0.4, -0.2) is 35.0 Å². The fraction of sp³-hybridized carbons (Fsp3) is 0.333. The summed E-state index contributed by atoms with van der Waals surface area (Å²) in [4.78, 5) is 24.6. The van der Waals surface area contributed by atoms with Crippen molar-refractivity contribution in [3.05, 3.63) is 35.4 Å². The van der Waals surface area contributed by atoms with Crippen molar-refractivity contribution in [1.29, 1.82) is 0 Å². The van der Waals surface area contributed by atoms with Gasteiger partial charge >= 0.3 is 5.97 Å². The van der Waals surface area contributed by atoms with Gasteiger partial charge in [0.25, 0.3) is 5.91 Å². The predicted molar refractivity (Wildman–Crippen MR) is 58.5 cm³/mol. The zero-order valence-corrected chi connectivity index (χ0v) is 9.01. The SMILES string of the molecule is CN(C(=O)c1ccccc1C(=O)O)C1CC1. The largest absolute Gasteiger partial charge is 0.478 e. The van der Waals surface area contributed by atoms with E-state index in [9.17, 15) is 9.59 Å². The minimum absolute atomic E-state index is 0.0694. The number of carbonyl (C=O) groups excluding carboxylic acids is 1. The van der Waals surface area contributed by atoms with Gasteiger partial charge in [-0.3, -0.25) is 4.79 Å². The number of hydrogen-bond acceptors (Lipinski definition) is 2. The predicted octanol–water partition coefficient (Wildman–Crippen LogP) is 1.62. The van der Waals surface area contributed by atoms with E-state index in [0.717, 1.165) is 12.8 Å². The Balaban J connectivity index is 2.31. The quantitative estimate of drug-likeness (QED) is 0.840. The summed E-state index contributed by atoms with van der Waals surface area (Å²) >= 11 is 0. The molecule has 1 N–H and O–H groups in total. The van der Waals surface area contributed by atoms with E-state index in [0.29, 0.717) is 0 Å². The van der Waals surface area contributed by atoms with Crippen molar-refractivity contribution in [3.8, 4) is 0 Å². The average molecular weight is 219 g/mol. The van der Waals surface area contributed by atoms with E-state index in [-0.39, 0.29) is 23.1 Å². The van der Waals surface area contributed by atoms with Gasteiger partial charge in [0.05, 0.1) is 11.1 Å². The van der Waals surface area contributed by atoms with Gasteiger partial charge in [-0.1, -0.05) is 12.1 Å². The second-order valence-electron chi connectivity index (χ2n) is 4.00. The van der Waals surface area contributed by atoms with Gasteiger partial charge in [0.2, 0.25) is 0 Å². The van der Waals surface area contributed by atoms with Crippen LogP contribution in [0.1, 0.15) is 33.6 Å². The highest BCUT2D eigenvalue weighted by Gasteiger charge is 2.31. The molecule has 0 aromatic heterocycles. The fourth-order valence-electron chi connectivity index (χ4n) is 1.67. The van der Waals surface area contributed by atoms with Crippen molar-refractivity contribution >= 4 is 11.9 Å². The standard InChI is InChI=1S/C12H13NO3/c1-13(8-6-7-8)11(14)9-4-2-3-5-10(9)12(15)16/h2-5,8H,6-7H2,1H3,(H,15,16). The summed E-state index contributed by atoms with van der Waals surface area (Å²) in [6.07, 6.45) is 2.02. The Morgan fingerprint density at radius 2 is 1.81 bits per heavy atom. The molecule has 0 saturated heterocycles. The molecule has 16 heavy (non-hydrogen) atoms. The molecule has 1 aromatic carbocycles. The number of carbonyl (C=O) groups is 2. The number of benzene rings is 1. The Hall–Kier alpha value is -1.84. The van der Waals surface area contributed by atoms with Gasteiger partial charge in [-0.2, -0.15) is 0 Å². The molecular formula is C12H13NO3. The lowest BCUT2D eigenvalue weighted by Gasteiger charge is -2.17. The Labute approximate surface area is 93.5 Å². The summed E-state index contributed by atoms with van der Waals surface area (Å²) in [6, 6.07) is 6.60. The summed E-state index contributed by atoms with van der Waals surface area (Å²) in [5.41, 5.74) is 0.337. The molecule has 2 rings (SSSR count). The van der Waals surface area contributed by atoms with Crippen LogP contribution in [0, 0.1) is 0 Å². The molecule has 84 valence electrons. The van der Waals surface area contributed by atoms with E-state index >= 15 is 0 Å². The molecule has 0 spiro atoms. The number of nitrogens with zero attached hydrogens (tertiary/aromatic N) is 1. The second-order valence-corrected chi connectivity index (χ2v) is 4.00. The molecule has 1 amide bonds. The lowest BCUT2D eigenvalue weighted by Crippen LogP contribution is -2.30. The highest BCUT2D eigenvalue weighted by Crippen LogP contribution is 2.27. The molecule has 0 unspecified atom stereocenters. The second kappa shape index (κ2) is 3.96. The maximum absolute atomic E-state index is 12.0. The molecule has 0 bridgehead atoms. The number of aromatic carboxylic acids is 1. The van der Waals surface area contributed by atoms with Crippen molar-refractivity contribution < 1.29 is 14.7 Å². The number of hydrogen-bond donors (Lipinski definition) is 1. The Bertz CT molecular complexity index is 438. The fourth-order valence-corrected chi connectivity index (χ4v) is 1.67.